The van der Waals surface area contributed by atoms with E-state index in [9.17, 15) is 19.7 Å². The molecule has 3 heterocycles. The molecule has 0 amide bonds. The van der Waals surface area contributed by atoms with Crippen LogP contribution in [0.5, 0.6) is 11.6 Å². The molecule has 16 heteroatoms. The first-order valence-electron chi connectivity index (χ1n) is 14.7. The van der Waals surface area contributed by atoms with E-state index < -0.39 is 50.2 Å². The summed E-state index contributed by atoms with van der Waals surface area (Å²) in [5.74, 6) is -0.373. The second-order valence-electron chi connectivity index (χ2n) is 11.0. The van der Waals surface area contributed by atoms with Crippen molar-refractivity contribution in [3.63, 3.8) is 0 Å². The summed E-state index contributed by atoms with van der Waals surface area (Å²) in [6.07, 6.45) is -0.847. The molecule has 1 fully saturated rings. The van der Waals surface area contributed by atoms with E-state index in [1.807, 2.05) is 31.2 Å². The SMILES string of the molecule is CCCCOC(=O)C(C)NP(=O)(OCC1OC(n2cnc3c(OC)nc(N)nc32)C(C)(C#N)C1O)Oc1cccc2ccccc12. The molecule has 1 aliphatic rings. The molecule has 0 aliphatic carbocycles. The first-order valence-corrected chi connectivity index (χ1v) is 16.2. The molecular weight excluding hydrogens is 617 g/mol. The number of nitrogens with zero attached hydrogens (tertiary/aromatic N) is 5. The highest BCUT2D eigenvalue weighted by Gasteiger charge is 2.56. The third kappa shape index (κ3) is 6.48. The van der Waals surface area contributed by atoms with Crippen LogP contribution in [0.1, 0.15) is 39.8 Å². The number of hydrogen-bond donors (Lipinski definition) is 3. The fourth-order valence-corrected chi connectivity index (χ4v) is 6.66. The Hall–Kier alpha value is -4.32. The summed E-state index contributed by atoms with van der Waals surface area (Å²) in [5.41, 5.74) is 4.81. The number of ether oxygens (including phenoxy) is 3. The molecule has 4 N–H and O–H groups in total. The highest BCUT2D eigenvalue weighted by Crippen LogP contribution is 2.50. The molecule has 0 spiro atoms. The first-order chi connectivity index (χ1) is 22.0. The summed E-state index contributed by atoms with van der Waals surface area (Å²) in [6.45, 7) is 4.67. The van der Waals surface area contributed by atoms with Crippen molar-refractivity contribution >= 4 is 41.6 Å². The average Bonchev–Trinajstić information content (AvgIpc) is 3.57. The largest absolute Gasteiger partial charge is 0.479 e. The maximum absolute atomic E-state index is 14.3. The van der Waals surface area contributed by atoms with Gasteiger partial charge in [0, 0.05) is 5.39 Å². The van der Waals surface area contributed by atoms with E-state index in [-0.39, 0.29) is 35.3 Å². The van der Waals surface area contributed by atoms with Gasteiger partial charge in [-0.1, -0.05) is 49.7 Å². The zero-order chi connectivity index (χ0) is 33.1. The highest BCUT2D eigenvalue weighted by atomic mass is 31.2. The number of carbonyl (C=O) groups is 1. The van der Waals surface area contributed by atoms with Crippen molar-refractivity contribution in [1.29, 1.82) is 5.26 Å². The Kier molecular flexibility index (Phi) is 9.76. The number of benzene rings is 2. The smallest absolute Gasteiger partial charge is 0.459 e. The van der Waals surface area contributed by atoms with Crippen molar-refractivity contribution in [3.8, 4) is 17.7 Å². The van der Waals surface area contributed by atoms with Gasteiger partial charge >= 0.3 is 13.7 Å². The molecule has 6 atom stereocenters. The maximum atomic E-state index is 14.3. The number of carbonyl (C=O) groups excluding carboxylic acids is 1. The van der Waals surface area contributed by atoms with E-state index in [1.54, 1.807) is 18.2 Å². The number of nitriles is 1. The zero-order valence-corrected chi connectivity index (χ0v) is 26.7. The Balaban J connectivity index is 1.42. The number of aromatic nitrogens is 4. The van der Waals surface area contributed by atoms with Crippen LogP contribution in [-0.2, 0) is 23.4 Å². The lowest BCUT2D eigenvalue weighted by Crippen LogP contribution is -2.39. The number of nitrogens with two attached hydrogens (primary N) is 1. The van der Waals surface area contributed by atoms with E-state index in [0.29, 0.717) is 11.8 Å². The van der Waals surface area contributed by atoms with Gasteiger partial charge in [0.25, 0.3) is 0 Å². The lowest BCUT2D eigenvalue weighted by molar-refractivity contribution is -0.145. The van der Waals surface area contributed by atoms with Gasteiger partial charge in [0.05, 0.1) is 32.7 Å². The summed E-state index contributed by atoms with van der Waals surface area (Å²) >= 11 is 0. The molecule has 0 radical (unpaired) electrons. The molecule has 5 rings (SSSR count). The van der Waals surface area contributed by atoms with Gasteiger partial charge in [-0.2, -0.15) is 20.3 Å². The van der Waals surface area contributed by atoms with Crippen molar-refractivity contribution in [1.82, 2.24) is 24.6 Å². The predicted octanol–water partition coefficient (Wildman–Crippen LogP) is 3.88. The Bertz CT molecular complexity index is 1810. The molecule has 15 nitrogen and oxygen atoms in total. The summed E-state index contributed by atoms with van der Waals surface area (Å²) in [6, 6.07) is 13.6. The van der Waals surface area contributed by atoms with Gasteiger partial charge in [0.15, 0.2) is 17.4 Å². The van der Waals surface area contributed by atoms with E-state index in [1.165, 1.54) is 31.9 Å². The van der Waals surface area contributed by atoms with Crippen molar-refractivity contribution in [2.75, 3.05) is 26.1 Å². The molecule has 46 heavy (non-hydrogen) atoms. The van der Waals surface area contributed by atoms with E-state index in [2.05, 4.69) is 26.1 Å². The topological polar surface area (TPSA) is 206 Å². The number of aliphatic hydroxyl groups excluding tert-OH is 1. The number of anilines is 1. The van der Waals surface area contributed by atoms with E-state index in [4.69, 9.17) is 29.0 Å². The van der Waals surface area contributed by atoms with Crippen LogP contribution < -0.4 is 20.1 Å². The van der Waals surface area contributed by atoms with Crippen molar-refractivity contribution < 1.29 is 37.7 Å². The van der Waals surface area contributed by atoms with Crippen LogP contribution in [-0.4, -0.2) is 69.2 Å². The quantitative estimate of drug-likeness (QED) is 0.106. The van der Waals surface area contributed by atoms with Gasteiger partial charge in [-0.05, 0) is 31.7 Å². The summed E-state index contributed by atoms with van der Waals surface area (Å²) in [4.78, 5) is 25.2. The normalized spacial score (nSPS) is 23.1. The fraction of sp³-hybridized carbons (Fsp3) is 0.433. The molecule has 6 unspecified atom stereocenters. The number of nitrogens with one attached hydrogen (secondary N) is 1. The molecule has 0 bridgehead atoms. The molecule has 244 valence electrons. The van der Waals surface area contributed by atoms with Crippen molar-refractivity contribution in [3.05, 3.63) is 48.8 Å². The Morgan fingerprint density at radius 2 is 2.04 bits per heavy atom. The van der Waals surface area contributed by atoms with Gasteiger partial charge in [-0.15, -0.1) is 0 Å². The Morgan fingerprint density at radius 3 is 2.78 bits per heavy atom. The molecule has 1 saturated heterocycles. The lowest BCUT2D eigenvalue weighted by Gasteiger charge is -2.26. The molecule has 1 aliphatic heterocycles. The highest BCUT2D eigenvalue weighted by molar-refractivity contribution is 7.52. The number of aliphatic hydroxyl groups is 1. The third-order valence-electron chi connectivity index (χ3n) is 7.70. The van der Waals surface area contributed by atoms with Gasteiger partial charge < -0.3 is 29.6 Å². The first kappa shape index (κ1) is 33.1. The number of esters is 1. The third-order valence-corrected chi connectivity index (χ3v) is 9.33. The van der Waals surface area contributed by atoms with Crippen LogP contribution in [0.15, 0.2) is 48.8 Å². The number of fused-ring (bicyclic) bond motifs is 2. The predicted molar refractivity (Wildman–Crippen MR) is 167 cm³/mol. The molecular formula is C30H36N7O8P. The summed E-state index contributed by atoms with van der Waals surface area (Å²) in [7, 11) is -2.95. The van der Waals surface area contributed by atoms with Gasteiger partial charge in [0.1, 0.15) is 29.4 Å². The van der Waals surface area contributed by atoms with Crippen molar-refractivity contribution in [2.45, 2.75) is 58.1 Å². The monoisotopic (exact) mass is 653 g/mol. The maximum Gasteiger partial charge on any atom is 0.459 e. The van der Waals surface area contributed by atoms with Crippen molar-refractivity contribution in [2.24, 2.45) is 5.41 Å². The molecule has 4 aromatic rings. The standard InChI is InChI=1S/C30H36N7O8P/c1-5-6-14-42-27(39)18(2)36-46(40,45-21-13-9-11-19-10-7-8-12-20(19)21)43-15-22-24(38)30(3,16-31)28(44-22)37-17-33-23-25(37)34-29(32)35-26(23)41-4/h7-13,17-18,22,24,28,38H,5-6,14-15H2,1-4H3,(H,36,40)(H2,32,34,35). The Labute approximate surface area is 265 Å². The molecule has 2 aromatic heterocycles. The van der Waals surface area contributed by atoms with Crippen LogP contribution >= 0.6 is 7.75 Å². The van der Waals surface area contributed by atoms with Crippen LogP contribution in [0.4, 0.5) is 5.95 Å². The summed E-state index contributed by atoms with van der Waals surface area (Å²) in [5, 5.41) is 25.7. The van der Waals surface area contributed by atoms with Gasteiger partial charge in [-0.25, -0.2) is 9.55 Å². The average molecular weight is 654 g/mol. The van der Waals surface area contributed by atoms with Gasteiger partial charge in [-0.3, -0.25) is 13.9 Å². The lowest BCUT2D eigenvalue weighted by atomic mass is 9.84. The minimum absolute atomic E-state index is 0.0943. The van der Waals surface area contributed by atoms with Crippen LogP contribution in [0, 0.1) is 16.7 Å². The van der Waals surface area contributed by atoms with Crippen LogP contribution in [0.3, 0.4) is 0 Å². The van der Waals surface area contributed by atoms with E-state index in [0.717, 1.165) is 11.8 Å². The Morgan fingerprint density at radius 1 is 1.28 bits per heavy atom. The fourth-order valence-electron chi connectivity index (χ4n) is 5.14. The number of nitrogen functional groups attached to an aromatic ring is 1. The molecule has 0 saturated carbocycles. The van der Waals surface area contributed by atoms with Gasteiger partial charge in [0.2, 0.25) is 11.8 Å². The minimum atomic E-state index is -4.36. The number of imidazole rings is 1. The minimum Gasteiger partial charge on any atom is -0.479 e. The molecule has 2 aromatic carbocycles. The summed E-state index contributed by atoms with van der Waals surface area (Å²) < 4.78 is 44.3. The second-order valence-corrected chi connectivity index (χ2v) is 12.7. The zero-order valence-electron chi connectivity index (χ0n) is 25.8. The van der Waals surface area contributed by atoms with Crippen LogP contribution in [0.25, 0.3) is 21.9 Å². The number of hydrogen-bond acceptors (Lipinski definition) is 13. The second kappa shape index (κ2) is 13.6. The number of methoxy groups -OCH3 is 1. The van der Waals surface area contributed by atoms with Crippen LogP contribution in [0.2, 0.25) is 0 Å². The number of rotatable bonds is 13. The number of unbranched alkanes of at least 4 members (excludes halogenated alkanes) is 1. The van der Waals surface area contributed by atoms with E-state index >= 15 is 0 Å².